The lowest BCUT2D eigenvalue weighted by atomic mass is 9.85. The molecule has 0 N–H and O–H groups in total. The van der Waals surface area contributed by atoms with Gasteiger partial charge in [0.05, 0.1) is 49.8 Å². The molecule has 0 amide bonds. The maximum atomic E-state index is 10.1. The molecule has 0 bridgehead atoms. The van der Waals surface area contributed by atoms with Gasteiger partial charge in [0.25, 0.3) is 0 Å². The fraction of sp³-hybridized carbons (Fsp3) is 0.113. The molecule has 0 unspecified atom stereocenters. The fourth-order valence-electron chi connectivity index (χ4n) is 11.9. The smallest absolute Gasteiger partial charge is 0.240 e. The monoisotopic (exact) mass is 1030 g/mol. The summed E-state index contributed by atoms with van der Waals surface area (Å²) in [6, 6.07) is 63.7. The lowest BCUT2D eigenvalue weighted by molar-refractivity contribution is 0.590. The van der Waals surface area contributed by atoms with Crippen LogP contribution in [-0.4, -0.2) is 36.7 Å². The van der Waals surface area contributed by atoms with Crippen LogP contribution in [0.2, 0.25) is 0 Å². The quantitative estimate of drug-likeness (QED) is 0.113. The standard InChI is InChI=1S/C71H58N6Si/c1-70(2,3)47-38-42-64-58(44-47)59-45-48(71(4,5)6)39-43-65(59)75(64)63-37-23-19-33-57(63)67-72-68(76-60-34-20-16-30-53(60)54-31-17-21-35-61(54)76)74-69(73-67)77-62-36-22-18-32-55(62)56-41-40-52(46-66(56)77)78(49-24-10-7-11-25-49,50-26-12-8-13-27-50)51-28-14-9-15-29-51/h7-46H,1-6H3/i16D,19D,20D,23D,30D,33D,34D,37D. The predicted molar refractivity (Wildman–Crippen MR) is 329 cm³/mol. The predicted octanol–water partition coefficient (Wildman–Crippen LogP) is 14.8. The molecule has 78 heavy (non-hydrogen) atoms. The molecule has 0 radical (unpaired) electrons. The zero-order valence-electron chi connectivity index (χ0n) is 52.2. The Bertz CT molecular complexity index is 4950. The molecule has 0 aliphatic heterocycles. The van der Waals surface area contributed by atoms with Crippen LogP contribution < -0.4 is 20.7 Å². The van der Waals surface area contributed by atoms with Gasteiger partial charge in [-0.1, -0.05) is 223 Å². The zero-order chi connectivity index (χ0) is 59.9. The fourth-order valence-corrected chi connectivity index (χ4v) is 16.6. The highest BCUT2D eigenvalue weighted by atomic mass is 28.3. The highest BCUT2D eigenvalue weighted by Crippen LogP contribution is 2.41. The number of benzene rings is 10. The molecule has 0 saturated heterocycles. The van der Waals surface area contributed by atoms with Crippen molar-refractivity contribution in [3.63, 3.8) is 0 Å². The van der Waals surface area contributed by atoms with Crippen molar-refractivity contribution in [2.24, 2.45) is 0 Å². The van der Waals surface area contributed by atoms with Gasteiger partial charge in [0.2, 0.25) is 11.9 Å². The Balaban J connectivity index is 1.15. The minimum atomic E-state index is -3.16. The summed E-state index contributed by atoms with van der Waals surface area (Å²) in [6.45, 7) is 13.0. The number of fused-ring (bicyclic) bond motifs is 9. The van der Waals surface area contributed by atoms with Crippen LogP contribution in [0, 0.1) is 0 Å². The summed E-state index contributed by atoms with van der Waals surface area (Å²) in [6.07, 6.45) is 0. The van der Waals surface area contributed by atoms with Crippen molar-refractivity contribution in [1.82, 2.24) is 28.7 Å². The molecule has 6 nitrogen and oxygen atoms in total. The SMILES string of the molecule is [2H]c1c([2H])c([2H])c(-n2c3ccc(C(C)(C)C)cc3c3cc(C(C)(C)C)ccc32)c(-c2nc(-n3c4ccccc4c4ccc([Si](c5ccccc5)(c5ccccc5)c5ccccc5)cc43)nc(-n3c4ccccc4c4c([2H])c([2H])c([2H])c([2H])c43)n2)c1[2H]. The van der Waals surface area contributed by atoms with E-state index in [-0.39, 0.29) is 80.9 Å². The van der Waals surface area contributed by atoms with Crippen molar-refractivity contribution in [3.8, 4) is 29.0 Å². The highest BCUT2D eigenvalue weighted by molar-refractivity contribution is 7.20. The van der Waals surface area contributed by atoms with Crippen LogP contribution in [0.15, 0.2) is 242 Å². The summed E-state index contributed by atoms with van der Waals surface area (Å²) in [7, 11) is -3.16. The van der Waals surface area contributed by atoms with E-state index >= 15 is 0 Å². The van der Waals surface area contributed by atoms with E-state index in [1.165, 1.54) is 15.6 Å². The molecule has 4 aromatic heterocycles. The Kier molecular flexibility index (Phi) is 9.04. The number of hydrogen-bond donors (Lipinski definition) is 0. The number of rotatable bonds is 8. The second-order valence-electron chi connectivity index (χ2n) is 22.3. The van der Waals surface area contributed by atoms with E-state index in [1.807, 2.05) is 81.9 Å². The molecule has 0 saturated carbocycles. The first-order chi connectivity index (χ1) is 41.3. The molecule has 376 valence electrons. The number of aromatic nitrogens is 6. The molecule has 0 aliphatic rings. The van der Waals surface area contributed by atoms with Gasteiger partial charge in [-0.15, -0.1) is 0 Å². The van der Waals surface area contributed by atoms with Crippen molar-refractivity contribution in [1.29, 1.82) is 0 Å². The van der Waals surface area contributed by atoms with Crippen LogP contribution in [0.4, 0.5) is 0 Å². The summed E-state index contributed by atoms with van der Waals surface area (Å²) in [4.78, 5) is 16.3. The number of nitrogens with zero attached hydrogens (tertiary/aromatic N) is 6. The molecular weight excluding hydrogens is 965 g/mol. The molecule has 0 spiro atoms. The average Bonchev–Trinajstić information content (AvgIpc) is 1.47. The summed E-state index contributed by atoms with van der Waals surface area (Å²) in [5.41, 5.74) is 5.47. The molecule has 4 heterocycles. The lowest BCUT2D eigenvalue weighted by Crippen LogP contribution is -2.74. The van der Waals surface area contributed by atoms with Crippen molar-refractivity contribution >= 4 is 94.2 Å². The van der Waals surface area contributed by atoms with Gasteiger partial charge in [0.15, 0.2) is 13.9 Å². The van der Waals surface area contributed by atoms with Gasteiger partial charge in [0.1, 0.15) is 0 Å². The van der Waals surface area contributed by atoms with E-state index in [0.29, 0.717) is 10.9 Å². The minimum Gasteiger partial charge on any atom is -0.309 e. The van der Waals surface area contributed by atoms with Crippen molar-refractivity contribution in [2.75, 3.05) is 0 Å². The van der Waals surface area contributed by atoms with Crippen LogP contribution in [0.3, 0.4) is 0 Å². The average molecular weight is 1030 g/mol. The van der Waals surface area contributed by atoms with E-state index in [2.05, 4.69) is 163 Å². The highest BCUT2D eigenvalue weighted by Gasteiger charge is 2.42. The van der Waals surface area contributed by atoms with Crippen molar-refractivity contribution in [3.05, 3.63) is 254 Å². The number of hydrogen-bond acceptors (Lipinski definition) is 3. The van der Waals surface area contributed by atoms with Crippen LogP contribution in [0.1, 0.15) is 63.6 Å². The maximum absolute atomic E-state index is 10.1. The van der Waals surface area contributed by atoms with Gasteiger partial charge in [-0.3, -0.25) is 9.13 Å². The molecule has 0 aliphatic carbocycles. The Morgan fingerprint density at radius 3 is 1.35 bits per heavy atom. The van der Waals surface area contributed by atoms with Crippen LogP contribution in [0.5, 0.6) is 0 Å². The second kappa shape index (κ2) is 18.0. The Labute approximate surface area is 466 Å². The first kappa shape index (κ1) is 39.2. The van der Waals surface area contributed by atoms with Gasteiger partial charge in [-0.2, -0.15) is 15.0 Å². The summed E-state index contributed by atoms with van der Waals surface area (Å²) in [5.74, 6) is -0.0121. The third-order valence-electron chi connectivity index (χ3n) is 15.7. The maximum Gasteiger partial charge on any atom is 0.240 e. The molecule has 10 aromatic carbocycles. The second-order valence-corrected chi connectivity index (χ2v) is 26.1. The molecule has 14 rings (SSSR count). The van der Waals surface area contributed by atoms with Gasteiger partial charge < -0.3 is 4.57 Å². The van der Waals surface area contributed by atoms with E-state index in [9.17, 15) is 8.22 Å². The molecule has 0 fully saturated rings. The molecule has 7 heteroatoms. The summed E-state index contributed by atoms with van der Waals surface area (Å²) >= 11 is 0. The summed E-state index contributed by atoms with van der Waals surface area (Å²) in [5, 5.41) is 9.09. The molecule has 14 aromatic rings. The van der Waals surface area contributed by atoms with Crippen molar-refractivity contribution < 1.29 is 11.0 Å². The largest absolute Gasteiger partial charge is 0.309 e. The Morgan fingerprint density at radius 2 is 0.795 bits per heavy atom. The van der Waals surface area contributed by atoms with Gasteiger partial charge in [-0.25, -0.2) is 0 Å². The van der Waals surface area contributed by atoms with Crippen molar-refractivity contribution in [2.45, 2.75) is 52.4 Å². The van der Waals surface area contributed by atoms with Gasteiger partial charge >= 0.3 is 0 Å². The van der Waals surface area contributed by atoms with Gasteiger partial charge in [0, 0.05) is 37.9 Å². The lowest BCUT2D eigenvalue weighted by Gasteiger charge is -2.34. The molecule has 0 atom stereocenters. The summed E-state index contributed by atoms with van der Waals surface area (Å²) < 4.78 is 81.5. The topological polar surface area (TPSA) is 53.5 Å². The van der Waals surface area contributed by atoms with E-state index in [0.717, 1.165) is 59.9 Å². The number of para-hydroxylation sites is 4. The zero-order valence-corrected chi connectivity index (χ0v) is 45.2. The minimum absolute atomic E-state index is 0.00674. The Hall–Kier alpha value is -9.17. The third kappa shape index (κ3) is 7.40. The third-order valence-corrected chi connectivity index (χ3v) is 20.4. The van der Waals surface area contributed by atoms with Gasteiger partial charge in [-0.05, 0) is 103 Å². The molecular formula is C71H58N6Si. The first-order valence-corrected chi connectivity index (χ1v) is 28.5. The van der Waals surface area contributed by atoms with E-state index < -0.39 is 26.2 Å². The Morgan fingerprint density at radius 1 is 0.346 bits per heavy atom. The van der Waals surface area contributed by atoms with Crippen LogP contribution >= 0.6 is 0 Å². The van der Waals surface area contributed by atoms with Crippen LogP contribution in [0.25, 0.3) is 94.4 Å². The van der Waals surface area contributed by atoms with Crippen LogP contribution in [-0.2, 0) is 10.8 Å². The normalized spacial score (nSPS) is 13.9. The van der Waals surface area contributed by atoms with E-state index in [4.69, 9.17) is 17.7 Å². The first-order valence-electron chi connectivity index (χ1n) is 30.5. The van der Waals surface area contributed by atoms with E-state index in [1.54, 1.807) is 4.57 Å².